The monoisotopic (exact) mass is 395 g/mol. The summed E-state index contributed by atoms with van der Waals surface area (Å²) in [7, 11) is 3.80. The molecule has 8 nitrogen and oxygen atoms in total. The molecule has 29 heavy (non-hydrogen) atoms. The van der Waals surface area contributed by atoms with Crippen LogP contribution >= 0.6 is 0 Å². The Morgan fingerprint density at radius 1 is 1.10 bits per heavy atom. The molecule has 2 aromatic rings. The lowest BCUT2D eigenvalue weighted by Gasteiger charge is -2.21. The van der Waals surface area contributed by atoms with E-state index in [2.05, 4.69) is 10.2 Å². The number of hydrogen-bond donors (Lipinski definition) is 0. The van der Waals surface area contributed by atoms with Crippen LogP contribution in [0.25, 0.3) is 0 Å². The molecule has 0 aliphatic carbocycles. The Hall–Kier alpha value is -3.16. The number of ether oxygens (including phenoxy) is 1. The average Bonchev–Trinajstić information content (AvgIpc) is 3.35. The van der Waals surface area contributed by atoms with Crippen molar-refractivity contribution in [3.05, 3.63) is 42.5 Å². The molecule has 2 fully saturated rings. The number of amides is 2. The van der Waals surface area contributed by atoms with Gasteiger partial charge in [-0.05, 0) is 18.2 Å². The summed E-state index contributed by atoms with van der Waals surface area (Å²) in [5.41, 5.74) is 0.843. The second-order valence-electron chi connectivity index (χ2n) is 7.68. The maximum Gasteiger partial charge on any atom is 0.233 e. The van der Waals surface area contributed by atoms with E-state index in [0.29, 0.717) is 25.5 Å². The molecule has 1 aromatic heterocycles. The van der Waals surface area contributed by atoms with Crippen molar-refractivity contribution < 1.29 is 14.3 Å². The summed E-state index contributed by atoms with van der Waals surface area (Å²) < 4.78 is 5.90. The Morgan fingerprint density at radius 2 is 1.90 bits per heavy atom. The highest BCUT2D eigenvalue weighted by Gasteiger charge is 2.39. The van der Waals surface area contributed by atoms with Crippen LogP contribution in [0.2, 0.25) is 0 Å². The molecule has 2 aliphatic heterocycles. The molecule has 0 N–H and O–H groups in total. The summed E-state index contributed by atoms with van der Waals surface area (Å²) in [5.74, 6) is 0.936. The summed E-state index contributed by atoms with van der Waals surface area (Å²) in [6.07, 6.45) is 0.889. The molecule has 152 valence electrons. The van der Waals surface area contributed by atoms with Crippen LogP contribution in [-0.2, 0) is 9.59 Å². The van der Waals surface area contributed by atoms with E-state index in [1.165, 1.54) is 0 Å². The normalized spacial score (nSPS) is 21.5. The van der Waals surface area contributed by atoms with E-state index < -0.39 is 0 Å². The van der Waals surface area contributed by atoms with Gasteiger partial charge in [-0.1, -0.05) is 18.2 Å². The first kappa shape index (κ1) is 19.2. The Balaban J connectivity index is 1.33. The quantitative estimate of drug-likeness (QED) is 0.765. The third-order valence-corrected chi connectivity index (χ3v) is 5.37. The molecular formula is C21H25N5O3. The highest BCUT2D eigenvalue weighted by atomic mass is 16.5. The van der Waals surface area contributed by atoms with Crippen LogP contribution < -0.4 is 14.5 Å². The van der Waals surface area contributed by atoms with Crippen molar-refractivity contribution in [2.75, 3.05) is 43.5 Å². The van der Waals surface area contributed by atoms with Gasteiger partial charge >= 0.3 is 0 Å². The molecule has 1 aromatic carbocycles. The predicted octanol–water partition coefficient (Wildman–Crippen LogP) is 1.58. The van der Waals surface area contributed by atoms with E-state index >= 15 is 0 Å². The van der Waals surface area contributed by atoms with Gasteiger partial charge in [-0.25, -0.2) is 0 Å². The topological polar surface area (TPSA) is 78.9 Å². The van der Waals surface area contributed by atoms with Gasteiger partial charge in [-0.15, -0.1) is 10.2 Å². The first-order chi connectivity index (χ1) is 14.0. The van der Waals surface area contributed by atoms with Crippen molar-refractivity contribution in [3.8, 4) is 5.88 Å². The van der Waals surface area contributed by atoms with Crippen LogP contribution in [0.15, 0.2) is 42.5 Å². The summed E-state index contributed by atoms with van der Waals surface area (Å²) in [5, 5.41) is 8.21. The van der Waals surface area contributed by atoms with Crippen LogP contribution in [0.5, 0.6) is 5.88 Å². The summed E-state index contributed by atoms with van der Waals surface area (Å²) in [6.45, 7) is 1.57. The lowest BCUT2D eigenvalue weighted by Crippen LogP contribution is -2.37. The number of carbonyl (C=O) groups excluding carboxylic acids is 2. The van der Waals surface area contributed by atoms with Gasteiger partial charge in [0.1, 0.15) is 6.10 Å². The minimum absolute atomic E-state index is 0.00203. The molecule has 8 heteroatoms. The van der Waals surface area contributed by atoms with Crippen LogP contribution in [0.1, 0.15) is 12.8 Å². The zero-order valence-corrected chi connectivity index (χ0v) is 16.7. The van der Waals surface area contributed by atoms with Gasteiger partial charge in [0.2, 0.25) is 17.7 Å². The van der Waals surface area contributed by atoms with Crippen LogP contribution in [0.3, 0.4) is 0 Å². The van der Waals surface area contributed by atoms with Crippen molar-refractivity contribution in [2.45, 2.75) is 18.9 Å². The fourth-order valence-electron chi connectivity index (χ4n) is 3.80. The van der Waals surface area contributed by atoms with Gasteiger partial charge in [0, 0.05) is 51.8 Å². The van der Waals surface area contributed by atoms with Crippen molar-refractivity contribution in [1.29, 1.82) is 0 Å². The van der Waals surface area contributed by atoms with E-state index in [9.17, 15) is 9.59 Å². The van der Waals surface area contributed by atoms with Crippen LogP contribution in [0.4, 0.5) is 11.5 Å². The maximum absolute atomic E-state index is 12.9. The number of likely N-dealkylation sites (tertiary alicyclic amines) is 1. The molecule has 0 bridgehead atoms. The van der Waals surface area contributed by atoms with Crippen molar-refractivity contribution in [2.24, 2.45) is 5.92 Å². The van der Waals surface area contributed by atoms with E-state index in [1.54, 1.807) is 15.9 Å². The molecule has 2 saturated heterocycles. The Bertz CT molecular complexity index is 872. The zero-order valence-electron chi connectivity index (χ0n) is 16.7. The summed E-state index contributed by atoms with van der Waals surface area (Å²) in [4.78, 5) is 30.7. The second kappa shape index (κ2) is 8.06. The SMILES string of the molecule is CN(C)c1ccc(OC2CCN(C(=O)C3CC(=O)N(c4ccccc4)C3)C2)nn1. The van der Waals surface area contributed by atoms with Gasteiger partial charge in [0.15, 0.2) is 5.82 Å². The largest absolute Gasteiger partial charge is 0.471 e. The molecule has 0 saturated carbocycles. The molecule has 2 aliphatic rings. The average molecular weight is 395 g/mol. The molecule has 2 atom stereocenters. The number of nitrogens with zero attached hydrogens (tertiary/aromatic N) is 5. The number of para-hydroxylation sites is 1. The van der Waals surface area contributed by atoms with E-state index in [4.69, 9.17) is 4.74 Å². The molecule has 0 spiro atoms. The second-order valence-corrected chi connectivity index (χ2v) is 7.68. The Labute approximate surface area is 170 Å². The van der Waals surface area contributed by atoms with Gasteiger partial charge in [0.25, 0.3) is 0 Å². The van der Waals surface area contributed by atoms with Crippen molar-refractivity contribution >= 4 is 23.3 Å². The molecule has 2 amide bonds. The summed E-state index contributed by atoms with van der Waals surface area (Å²) >= 11 is 0. The van der Waals surface area contributed by atoms with E-state index in [-0.39, 0.29) is 30.3 Å². The molecule has 2 unspecified atom stereocenters. The van der Waals surface area contributed by atoms with E-state index in [0.717, 1.165) is 17.9 Å². The maximum atomic E-state index is 12.9. The minimum Gasteiger partial charge on any atom is -0.471 e. The first-order valence-corrected chi connectivity index (χ1v) is 9.83. The van der Waals surface area contributed by atoms with E-state index in [1.807, 2.05) is 55.4 Å². The standard InChI is InChI=1S/C21H25N5O3/c1-24(2)18-8-9-19(23-22-18)29-17-10-11-25(14-17)21(28)15-12-20(27)26(13-15)16-6-4-3-5-7-16/h3-9,15,17H,10-14H2,1-2H3. The number of anilines is 2. The fourth-order valence-corrected chi connectivity index (χ4v) is 3.80. The number of benzene rings is 1. The van der Waals surface area contributed by atoms with Crippen LogP contribution in [0, 0.1) is 5.92 Å². The van der Waals surface area contributed by atoms with Crippen LogP contribution in [-0.4, -0.2) is 66.7 Å². The first-order valence-electron chi connectivity index (χ1n) is 9.83. The third kappa shape index (κ3) is 4.16. The third-order valence-electron chi connectivity index (χ3n) is 5.37. The number of rotatable bonds is 5. The lowest BCUT2D eigenvalue weighted by atomic mass is 10.1. The molecule has 4 rings (SSSR count). The highest BCUT2D eigenvalue weighted by molar-refractivity contribution is 6.00. The molecule has 0 radical (unpaired) electrons. The molecule has 3 heterocycles. The Morgan fingerprint density at radius 3 is 2.59 bits per heavy atom. The minimum atomic E-state index is -0.305. The zero-order chi connectivity index (χ0) is 20.4. The highest BCUT2D eigenvalue weighted by Crippen LogP contribution is 2.27. The smallest absolute Gasteiger partial charge is 0.233 e. The van der Waals surface area contributed by atoms with Gasteiger partial charge in [0.05, 0.1) is 12.5 Å². The number of aromatic nitrogens is 2. The van der Waals surface area contributed by atoms with Crippen molar-refractivity contribution in [3.63, 3.8) is 0 Å². The number of carbonyl (C=O) groups is 2. The van der Waals surface area contributed by atoms with Gasteiger partial charge < -0.3 is 19.4 Å². The summed E-state index contributed by atoms with van der Waals surface area (Å²) in [6, 6.07) is 13.1. The Kier molecular flexibility index (Phi) is 5.33. The predicted molar refractivity (Wildman–Crippen MR) is 109 cm³/mol. The van der Waals surface area contributed by atoms with Gasteiger partial charge in [-0.3, -0.25) is 9.59 Å². The van der Waals surface area contributed by atoms with Gasteiger partial charge in [-0.2, -0.15) is 0 Å². The number of hydrogen-bond acceptors (Lipinski definition) is 6. The molecular weight excluding hydrogens is 370 g/mol. The van der Waals surface area contributed by atoms with Crippen molar-refractivity contribution in [1.82, 2.24) is 15.1 Å². The fraction of sp³-hybridized carbons (Fsp3) is 0.429. The lowest BCUT2D eigenvalue weighted by molar-refractivity contribution is -0.135.